The normalized spacial score (nSPS) is 11.9. The van der Waals surface area contributed by atoms with Gasteiger partial charge in [0.25, 0.3) is 11.4 Å². The second-order valence-corrected chi connectivity index (χ2v) is 4.31. The maximum atomic E-state index is 13.1. The van der Waals surface area contributed by atoms with Gasteiger partial charge in [-0.3, -0.25) is 4.79 Å². The van der Waals surface area contributed by atoms with E-state index >= 15 is 0 Å². The summed E-state index contributed by atoms with van der Waals surface area (Å²) in [5.41, 5.74) is 0.00195. The smallest absolute Gasteiger partial charge is 0.307 e. The maximum absolute atomic E-state index is 13.1. The first-order chi connectivity index (χ1) is 9.45. The molecule has 1 N–H and O–H groups in total. The van der Waals surface area contributed by atoms with Crippen molar-refractivity contribution in [2.45, 2.75) is 12.8 Å². The van der Waals surface area contributed by atoms with Gasteiger partial charge in [-0.2, -0.15) is 18.9 Å². The standard InChI is InChI=1S/C12H8F2N4O2/c1-12(13,14)11-16-10(20-18-11)6-2-3-7-5-15-17-9(19)8(7)4-6/h2-5H,1H3,(H,17,19). The summed E-state index contributed by atoms with van der Waals surface area (Å²) < 4.78 is 30.9. The van der Waals surface area contributed by atoms with E-state index < -0.39 is 11.7 Å². The van der Waals surface area contributed by atoms with Gasteiger partial charge in [-0.1, -0.05) is 11.2 Å². The van der Waals surface area contributed by atoms with E-state index in [1.165, 1.54) is 12.3 Å². The Morgan fingerprint density at radius 3 is 2.85 bits per heavy atom. The molecule has 6 nitrogen and oxygen atoms in total. The summed E-state index contributed by atoms with van der Waals surface area (Å²) in [5, 5.41) is 10.2. The largest absolute Gasteiger partial charge is 0.334 e. The van der Waals surface area contributed by atoms with Gasteiger partial charge >= 0.3 is 5.92 Å². The van der Waals surface area contributed by atoms with Gasteiger partial charge in [-0.05, 0) is 12.1 Å². The van der Waals surface area contributed by atoms with E-state index in [2.05, 4.69) is 20.3 Å². The van der Waals surface area contributed by atoms with Gasteiger partial charge in [0.1, 0.15) is 0 Å². The van der Waals surface area contributed by atoms with Crippen LogP contribution in [0.3, 0.4) is 0 Å². The molecule has 0 atom stereocenters. The highest BCUT2D eigenvalue weighted by atomic mass is 19.3. The van der Waals surface area contributed by atoms with Crippen molar-refractivity contribution in [3.63, 3.8) is 0 Å². The number of nitrogens with one attached hydrogen (secondary N) is 1. The Balaban J connectivity index is 2.13. The van der Waals surface area contributed by atoms with Crippen molar-refractivity contribution < 1.29 is 13.3 Å². The monoisotopic (exact) mass is 278 g/mol. The lowest BCUT2D eigenvalue weighted by Crippen LogP contribution is -2.09. The van der Waals surface area contributed by atoms with Crippen LogP contribution in [0.2, 0.25) is 0 Å². The molecular formula is C12H8F2N4O2. The first kappa shape index (κ1) is 12.4. The van der Waals surface area contributed by atoms with Crippen molar-refractivity contribution in [1.29, 1.82) is 0 Å². The number of H-pyrrole nitrogens is 1. The van der Waals surface area contributed by atoms with Crippen LogP contribution in [0.1, 0.15) is 12.7 Å². The highest BCUT2D eigenvalue weighted by Gasteiger charge is 2.31. The zero-order valence-electron chi connectivity index (χ0n) is 10.2. The van der Waals surface area contributed by atoms with Gasteiger partial charge in [0, 0.05) is 17.9 Å². The van der Waals surface area contributed by atoms with Crippen LogP contribution in [-0.4, -0.2) is 20.3 Å². The number of hydrogen-bond donors (Lipinski definition) is 1. The molecule has 0 unspecified atom stereocenters. The highest BCUT2D eigenvalue weighted by molar-refractivity contribution is 5.84. The summed E-state index contributed by atoms with van der Waals surface area (Å²) in [5.74, 6) is -3.95. The Morgan fingerprint density at radius 2 is 2.15 bits per heavy atom. The average molecular weight is 278 g/mol. The second-order valence-electron chi connectivity index (χ2n) is 4.31. The van der Waals surface area contributed by atoms with Gasteiger partial charge in [-0.25, -0.2) is 5.10 Å². The zero-order valence-corrected chi connectivity index (χ0v) is 10.2. The number of benzene rings is 1. The van der Waals surface area contributed by atoms with Crippen LogP contribution in [0.25, 0.3) is 22.2 Å². The molecule has 0 saturated heterocycles. The Kier molecular flexibility index (Phi) is 2.60. The predicted molar refractivity (Wildman–Crippen MR) is 65.2 cm³/mol. The van der Waals surface area contributed by atoms with Gasteiger partial charge in [0.2, 0.25) is 5.82 Å². The van der Waals surface area contributed by atoms with Gasteiger partial charge < -0.3 is 4.52 Å². The molecule has 1 aromatic carbocycles. The quantitative estimate of drug-likeness (QED) is 0.775. The Morgan fingerprint density at radius 1 is 1.35 bits per heavy atom. The first-order valence-electron chi connectivity index (χ1n) is 5.65. The fourth-order valence-electron chi connectivity index (χ4n) is 1.74. The second kappa shape index (κ2) is 4.19. The lowest BCUT2D eigenvalue weighted by atomic mass is 10.1. The number of aromatic amines is 1. The average Bonchev–Trinajstić information content (AvgIpc) is 2.88. The molecule has 0 aliphatic heterocycles. The van der Waals surface area contributed by atoms with E-state index in [4.69, 9.17) is 4.52 Å². The molecule has 0 radical (unpaired) electrons. The number of nitrogens with zero attached hydrogens (tertiary/aromatic N) is 3. The minimum Gasteiger partial charge on any atom is -0.334 e. The fraction of sp³-hybridized carbons (Fsp3) is 0.167. The number of alkyl halides is 2. The predicted octanol–water partition coefficient (Wildman–Crippen LogP) is 2.08. The molecule has 2 aromatic heterocycles. The van der Waals surface area contributed by atoms with Crippen LogP contribution in [0.15, 0.2) is 33.7 Å². The molecule has 102 valence electrons. The Labute approximate surface area is 110 Å². The molecule has 2 heterocycles. The van der Waals surface area contributed by atoms with Crippen LogP contribution in [0, 0.1) is 0 Å². The lowest BCUT2D eigenvalue weighted by Gasteiger charge is -2.01. The van der Waals surface area contributed by atoms with Crippen LogP contribution in [0.5, 0.6) is 0 Å². The van der Waals surface area contributed by atoms with Crippen molar-refractivity contribution >= 4 is 10.8 Å². The molecule has 0 aliphatic rings. The summed E-state index contributed by atoms with van der Waals surface area (Å²) >= 11 is 0. The Hall–Kier alpha value is -2.64. The van der Waals surface area contributed by atoms with Crippen molar-refractivity contribution in [3.05, 3.63) is 40.6 Å². The molecule has 0 bridgehead atoms. The van der Waals surface area contributed by atoms with Gasteiger partial charge in [-0.15, -0.1) is 0 Å². The topological polar surface area (TPSA) is 84.7 Å². The van der Waals surface area contributed by atoms with Crippen LogP contribution in [0.4, 0.5) is 8.78 Å². The minimum absolute atomic E-state index is 0.0698. The lowest BCUT2D eigenvalue weighted by molar-refractivity contribution is 0.00559. The van der Waals surface area contributed by atoms with Crippen molar-refractivity contribution in [2.75, 3.05) is 0 Å². The number of halogens is 2. The molecule has 0 aliphatic carbocycles. The maximum Gasteiger partial charge on any atom is 0.307 e. The van der Waals surface area contributed by atoms with Gasteiger partial charge in [0.15, 0.2) is 0 Å². The zero-order chi connectivity index (χ0) is 14.3. The van der Waals surface area contributed by atoms with E-state index in [9.17, 15) is 13.6 Å². The van der Waals surface area contributed by atoms with E-state index in [1.54, 1.807) is 12.1 Å². The molecule has 20 heavy (non-hydrogen) atoms. The van der Waals surface area contributed by atoms with E-state index in [0.717, 1.165) is 0 Å². The summed E-state index contributed by atoms with van der Waals surface area (Å²) in [6.07, 6.45) is 1.49. The van der Waals surface area contributed by atoms with E-state index in [1.807, 2.05) is 0 Å². The summed E-state index contributed by atoms with van der Waals surface area (Å²) in [6, 6.07) is 4.70. The summed E-state index contributed by atoms with van der Waals surface area (Å²) in [6.45, 7) is 0.679. The van der Waals surface area contributed by atoms with Gasteiger partial charge in [0.05, 0.1) is 11.6 Å². The van der Waals surface area contributed by atoms with Crippen molar-refractivity contribution in [1.82, 2.24) is 20.3 Å². The number of hydrogen-bond acceptors (Lipinski definition) is 5. The molecule has 0 saturated carbocycles. The molecule has 0 amide bonds. The van der Waals surface area contributed by atoms with Crippen LogP contribution < -0.4 is 5.56 Å². The molecule has 3 rings (SSSR count). The van der Waals surface area contributed by atoms with Crippen LogP contribution in [-0.2, 0) is 5.92 Å². The molecule has 0 fully saturated rings. The number of rotatable bonds is 2. The van der Waals surface area contributed by atoms with E-state index in [-0.39, 0.29) is 11.4 Å². The minimum atomic E-state index is -3.18. The molecule has 3 aromatic rings. The molecular weight excluding hydrogens is 270 g/mol. The van der Waals surface area contributed by atoms with Crippen molar-refractivity contribution in [3.8, 4) is 11.5 Å². The third-order valence-corrected chi connectivity index (χ3v) is 2.73. The van der Waals surface area contributed by atoms with Crippen LogP contribution >= 0.6 is 0 Å². The molecule has 0 spiro atoms. The number of aromatic nitrogens is 4. The van der Waals surface area contributed by atoms with Crippen molar-refractivity contribution in [2.24, 2.45) is 0 Å². The SMILES string of the molecule is CC(F)(F)c1noc(-c2ccc3cn[nH]c(=O)c3c2)n1. The summed E-state index contributed by atoms with van der Waals surface area (Å²) in [4.78, 5) is 15.3. The first-order valence-corrected chi connectivity index (χ1v) is 5.65. The number of fused-ring (bicyclic) bond motifs is 1. The molecule has 8 heteroatoms. The third-order valence-electron chi connectivity index (χ3n) is 2.73. The third kappa shape index (κ3) is 2.04. The van der Waals surface area contributed by atoms with E-state index in [0.29, 0.717) is 23.3 Å². The highest BCUT2D eigenvalue weighted by Crippen LogP contribution is 2.27. The fourth-order valence-corrected chi connectivity index (χ4v) is 1.74. The Bertz CT molecular complexity index is 835. The summed E-state index contributed by atoms with van der Waals surface area (Å²) in [7, 11) is 0.